The van der Waals surface area contributed by atoms with Crippen LogP contribution in [0.5, 0.6) is 0 Å². The molecule has 0 saturated heterocycles. The van der Waals surface area contributed by atoms with Crippen molar-refractivity contribution < 1.29 is 0 Å². The first-order valence-corrected chi connectivity index (χ1v) is 5.30. The van der Waals surface area contributed by atoms with Crippen LogP contribution in [0.25, 0.3) is 10.9 Å². The summed E-state index contributed by atoms with van der Waals surface area (Å²) >= 11 is 14.8. The zero-order valence-corrected chi connectivity index (χ0v) is 9.87. The van der Waals surface area contributed by atoms with Crippen LogP contribution in [0.3, 0.4) is 0 Å². The number of aromatic nitrogens is 1. The van der Waals surface area contributed by atoms with Gasteiger partial charge in [0.15, 0.2) is 0 Å². The van der Waals surface area contributed by atoms with Crippen molar-refractivity contribution in [3.05, 3.63) is 43.1 Å². The minimum absolute atomic E-state index is 0.159. The molecule has 0 saturated carbocycles. The fourth-order valence-corrected chi connectivity index (χ4v) is 2.31. The van der Waals surface area contributed by atoms with E-state index in [0.717, 1.165) is 4.47 Å². The summed E-state index contributed by atoms with van der Waals surface area (Å²) in [5.41, 5.74) is 0.479. The SMILES string of the molecule is O=c1c(Cl)c[nH]c2c(Br)cc(Cl)cc12. The third kappa shape index (κ3) is 1.56. The van der Waals surface area contributed by atoms with Crippen LogP contribution in [-0.2, 0) is 0 Å². The Morgan fingerprint density at radius 2 is 2.00 bits per heavy atom. The fraction of sp³-hybridized carbons (Fsp3) is 0. The number of fused-ring (bicyclic) bond motifs is 1. The monoisotopic (exact) mass is 291 g/mol. The first kappa shape index (κ1) is 10.0. The molecule has 1 N–H and O–H groups in total. The number of pyridine rings is 1. The molecule has 1 aromatic carbocycles. The van der Waals surface area contributed by atoms with Gasteiger partial charge in [-0.2, -0.15) is 0 Å². The molecule has 72 valence electrons. The molecule has 5 heteroatoms. The lowest BCUT2D eigenvalue weighted by atomic mass is 10.2. The van der Waals surface area contributed by atoms with Gasteiger partial charge in [-0.3, -0.25) is 4.79 Å². The van der Waals surface area contributed by atoms with Crippen LogP contribution >= 0.6 is 39.1 Å². The molecule has 0 fully saturated rings. The first-order valence-electron chi connectivity index (χ1n) is 3.75. The third-order valence-electron chi connectivity index (χ3n) is 1.86. The van der Waals surface area contributed by atoms with Gasteiger partial charge < -0.3 is 4.98 Å². The summed E-state index contributed by atoms with van der Waals surface area (Å²) in [4.78, 5) is 14.5. The minimum Gasteiger partial charge on any atom is -0.359 e. The van der Waals surface area contributed by atoms with Crippen molar-refractivity contribution in [2.45, 2.75) is 0 Å². The maximum atomic E-state index is 11.6. The van der Waals surface area contributed by atoms with Crippen molar-refractivity contribution in [3.63, 3.8) is 0 Å². The molecule has 0 unspecified atom stereocenters. The topological polar surface area (TPSA) is 32.9 Å². The molecule has 2 nitrogen and oxygen atoms in total. The zero-order chi connectivity index (χ0) is 10.3. The van der Waals surface area contributed by atoms with Crippen LogP contribution in [0.2, 0.25) is 10.0 Å². The molecular weight excluding hydrogens is 289 g/mol. The van der Waals surface area contributed by atoms with Crippen molar-refractivity contribution in [1.29, 1.82) is 0 Å². The number of H-pyrrole nitrogens is 1. The maximum absolute atomic E-state index is 11.6. The van der Waals surface area contributed by atoms with Crippen LogP contribution in [-0.4, -0.2) is 4.98 Å². The van der Waals surface area contributed by atoms with Gasteiger partial charge in [0.05, 0.1) is 5.52 Å². The number of benzene rings is 1. The highest BCUT2D eigenvalue weighted by Crippen LogP contribution is 2.25. The van der Waals surface area contributed by atoms with Gasteiger partial charge in [0.1, 0.15) is 5.02 Å². The predicted octanol–water partition coefficient (Wildman–Crippen LogP) is 3.60. The molecule has 0 aliphatic rings. The highest BCUT2D eigenvalue weighted by Gasteiger charge is 2.06. The smallest absolute Gasteiger partial charge is 0.208 e. The highest BCUT2D eigenvalue weighted by molar-refractivity contribution is 9.10. The van der Waals surface area contributed by atoms with Crippen molar-refractivity contribution in [2.24, 2.45) is 0 Å². The Labute approximate surface area is 98.0 Å². The number of hydrogen-bond acceptors (Lipinski definition) is 1. The van der Waals surface area contributed by atoms with E-state index in [1.165, 1.54) is 6.20 Å². The Morgan fingerprint density at radius 1 is 1.29 bits per heavy atom. The standard InChI is InChI=1S/C9H4BrCl2NO/c10-6-2-4(11)1-5-8(6)13-3-7(12)9(5)14/h1-3H,(H,13,14). The quantitative estimate of drug-likeness (QED) is 0.791. The molecule has 0 radical (unpaired) electrons. The van der Waals surface area contributed by atoms with Crippen molar-refractivity contribution in [2.75, 3.05) is 0 Å². The molecule has 0 aliphatic heterocycles. The van der Waals surface area contributed by atoms with E-state index in [0.29, 0.717) is 15.9 Å². The van der Waals surface area contributed by atoms with Gasteiger partial charge in [-0.25, -0.2) is 0 Å². The number of nitrogens with one attached hydrogen (secondary N) is 1. The molecule has 1 heterocycles. The van der Waals surface area contributed by atoms with Crippen molar-refractivity contribution in [1.82, 2.24) is 4.98 Å². The average molecular weight is 293 g/mol. The van der Waals surface area contributed by atoms with E-state index in [1.54, 1.807) is 12.1 Å². The molecular formula is C9H4BrCl2NO. The number of hydrogen-bond donors (Lipinski definition) is 1. The van der Waals surface area contributed by atoms with E-state index < -0.39 is 0 Å². The van der Waals surface area contributed by atoms with Crippen LogP contribution in [0, 0.1) is 0 Å². The third-order valence-corrected chi connectivity index (χ3v) is 2.98. The second kappa shape index (κ2) is 3.57. The lowest BCUT2D eigenvalue weighted by Gasteiger charge is -2.01. The summed E-state index contributed by atoms with van der Waals surface area (Å²) in [5.74, 6) is 0. The van der Waals surface area contributed by atoms with Gasteiger partial charge in [0.2, 0.25) is 5.43 Å². The molecule has 14 heavy (non-hydrogen) atoms. The number of rotatable bonds is 0. The van der Waals surface area contributed by atoms with E-state index in [9.17, 15) is 4.79 Å². The summed E-state index contributed by atoms with van der Waals surface area (Å²) in [6, 6.07) is 3.31. The normalized spacial score (nSPS) is 10.8. The maximum Gasteiger partial charge on any atom is 0.208 e. The lowest BCUT2D eigenvalue weighted by molar-refractivity contribution is 1.38. The van der Waals surface area contributed by atoms with Crippen molar-refractivity contribution in [3.8, 4) is 0 Å². The van der Waals surface area contributed by atoms with E-state index in [-0.39, 0.29) is 10.5 Å². The molecule has 0 spiro atoms. The van der Waals surface area contributed by atoms with Gasteiger partial charge in [-0.15, -0.1) is 0 Å². The van der Waals surface area contributed by atoms with Crippen LogP contribution in [0.1, 0.15) is 0 Å². The average Bonchev–Trinajstić information content (AvgIpc) is 2.12. The molecule has 0 atom stereocenters. The predicted molar refractivity (Wildman–Crippen MR) is 62.3 cm³/mol. The summed E-state index contributed by atoms with van der Waals surface area (Å²) < 4.78 is 0.744. The van der Waals surface area contributed by atoms with E-state index in [1.807, 2.05) is 0 Å². The van der Waals surface area contributed by atoms with E-state index in [2.05, 4.69) is 20.9 Å². The van der Waals surface area contributed by atoms with Crippen molar-refractivity contribution >= 4 is 50.0 Å². The first-order chi connectivity index (χ1) is 6.59. The summed E-state index contributed by atoms with van der Waals surface area (Å²) in [7, 11) is 0. The lowest BCUT2D eigenvalue weighted by Crippen LogP contribution is -2.03. The summed E-state index contributed by atoms with van der Waals surface area (Å²) in [6.07, 6.45) is 1.46. The Kier molecular flexibility index (Phi) is 2.56. The van der Waals surface area contributed by atoms with E-state index in [4.69, 9.17) is 23.2 Å². The van der Waals surface area contributed by atoms with Crippen LogP contribution < -0.4 is 5.43 Å². The Morgan fingerprint density at radius 3 is 2.71 bits per heavy atom. The highest BCUT2D eigenvalue weighted by atomic mass is 79.9. The largest absolute Gasteiger partial charge is 0.359 e. The van der Waals surface area contributed by atoms with Gasteiger partial charge >= 0.3 is 0 Å². The van der Waals surface area contributed by atoms with Gasteiger partial charge in [-0.1, -0.05) is 23.2 Å². The van der Waals surface area contributed by atoms with E-state index >= 15 is 0 Å². The fourth-order valence-electron chi connectivity index (χ4n) is 1.23. The molecule has 0 amide bonds. The van der Waals surface area contributed by atoms with Gasteiger partial charge in [0, 0.05) is 21.1 Å². The van der Waals surface area contributed by atoms with Crippen LogP contribution in [0.4, 0.5) is 0 Å². The second-order valence-corrected chi connectivity index (χ2v) is 4.47. The minimum atomic E-state index is -0.219. The molecule has 2 aromatic rings. The Bertz CT molecular complexity index is 564. The molecule has 1 aromatic heterocycles. The molecule has 2 rings (SSSR count). The second-order valence-electron chi connectivity index (χ2n) is 2.78. The summed E-state index contributed by atoms with van der Waals surface area (Å²) in [6.45, 7) is 0. The zero-order valence-electron chi connectivity index (χ0n) is 6.77. The number of halogens is 3. The number of aromatic amines is 1. The van der Waals surface area contributed by atoms with Crippen LogP contribution in [0.15, 0.2) is 27.6 Å². The molecule has 0 aliphatic carbocycles. The molecule has 0 bridgehead atoms. The van der Waals surface area contributed by atoms with Gasteiger partial charge in [-0.05, 0) is 28.1 Å². The Hall–Kier alpha value is -0.510. The van der Waals surface area contributed by atoms with Gasteiger partial charge in [0.25, 0.3) is 0 Å². The Balaban J connectivity index is 3.03. The summed E-state index contributed by atoms with van der Waals surface area (Å²) in [5, 5.41) is 1.14.